The van der Waals surface area contributed by atoms with Crippen LogP contribution >= 0.6 is 0 Å². The van der Waals surface area contributed by atoms with Gasteiger partial charge in [-0.25, -0.2) is 0 Å². The van der Waals surface area contributed by atoms with Crippen LogP contribution in [0.25, 0.3) is 0 Å². The van der Waals surface area contributed by atoms with Crippen LogP contribution in [0, 0.1) is 5.92 Å². The monoisotopic (exact) mass is 241 g/mol. The van der Waals surface area contributed by atoms with Crippen LogP contribution in [0.15, 0.2) is 0 Å². The lowest BCUT2D eigenvalue weighted by Gasteiger charge is -2.22. The van der Waals surface area contributed by atoms with Crippen LogP contribution in [0.2, 0.25) is 0 Å². The Kier molecular flexibility index (Phi) is 7.14. The zero-order chi connectivity index (χ0) is 12.6. The molecule has 1 saturated carbocycles. The van der Waals surface area contributed by atoms with Gasteiger partial charge in [0, 0.05) is 18.8 Å². The Bertz CT molecular complexity index is 180. The summed E-state index contributed by atoms with van der Waals surface area (Å²) in [7, 11) is 0. The first-order valence-corrected chi connectivity index (χ1v) is 7.41. The molecule has 0 saturated heterocycles. The van der Waals surface area contributed by atoms with Crippen LogP contribution in [0.4, 0.5) is 0 Å². The van der Waals surface area contributed by atoms with E-state index in [0.29, 0.717) is 0 Å². The molecule has 0 radical (unpaired) electrons. The highest BCUT2D eigenvalue weighted by Gasteiger charge is 2.13. The van der Waals surface area contributed by atoms with Crippen molar-refractivity contribution in [2.75, 3.05) is 19.8 Å². The molecule has 0 aromatic rings. The van der Waals surface area contributed by atoms with Gasteiger partial charge in [0.15, 0.2) is 0 Å². The zero-order valence-corrected chi connectivity index (χ0v) is 12.1. The second-order valence-electron chi connectivity index (χ2n) is 6.46. The highest BCUT2D eigenvalue weighted by molar-refractivity contribution is 4.69. The number of hydrogen-bond donors (Lipinski definition) is 1. The third-order valence-electron chi connectivity index (χ3n) is 3.45. The van der Waals surface area contributed by atoms with E-state index < -0.39 is 0 Å². The minimum Gasteiger partial charge on any atom is -0.381 e. The molecule has 0 aromatic heterocycles. The van der Waals surface area contributed by atoms with Crippen molar-refractivity contribution in [2.45, 2.75) is 71.3 Å². The van der Waals surface area contributed by atoms with Crippen molar-refractivity contribution in [1.82, 2.24) is 5.32 Å². The van der Waals surface area contributed by atoms with Gasteiger partial charge < -0.3 is 10.1 Å². The van der Waals surface area contributed by atoms with E-state index in [1.54, 1.807) is 0 Å². The predicted octanol–water partition coefficient (Wildman–Crippen LogP) is 3.75. The average molecular weight is 241 g/mol. The van der Waals surface area contributed by atoms with E-state index >= 15 is 0 Å². The van der Waals surface area contributed by atoms with Gasteiger partial charge in [0.25, 0.3) is 0 Å². The fraction of sp³-hybridized carbons (Fsp3) is 1.00. The summed E-state index contributed by atoms with van der Waals surface area (Å²) < 4.78 is 5.78. The van der Waals surface area contributed by atoms with Crippen molar-refractivity contribution in [3.05, 3.63) is 0 Å². The second-order valence-corrected chi connectivity index (χ2v) is 6.46. The molecule has 17 heavy (non-hydrogen) atoms. The number of ether oxygens (including phenoxy) is 1. The normalized spacial score (nSPS) is 18.5. The van der Waals surface area contributed by atoms with Crippen LogP contribution in [-0.4, -0.2) is 25.3 Å². The number of nitrogens with one attached hydrogen (secondary N) is 1. The second kappa shape index (κ2) is 8.10. The molecule has 0 heterocycles. The SMILES string of the molecule is CC(C)(C)NCCCCOCC1CCCCC1. The third-order valence-corrected chi connectivity index (χ3v) is 3.45. The van der Waals surface area contributed by atoms with E-state index in [0.717, 1.165) is 25.7 Å². The van der Waals surface area contributed by atoms with Gasteiger partial charge in [-0.1, -0.05) is 19.3 Å². The van der Waals surface area contributed by atoms with E-state index in [9.17, 15) is 0 Å². The van der Waals surface area contributed by atoms with Crippen molar-refractivity contribution in [3.8, 4) is 0 Å². The molecule has 0 bridgehead atoms. The van der Waals surface area contributed by atoms with Gasteiger partial charge in [0.1, 0.15) is 0 Å². The summed E-state index contributed by atoms with van der Waals surface area (Å²) in [6, 6.07) is 0. The maximum absolute atomic E-state index is 5.78. The topological polar surface area (TPSA) is 21.3 Å². The lowest BCUT2D eigenvalue weighted by molar-refractivity contribution is 0.0825. The van der Waals surface area contributed by atoms with Gasteiger partial charge in [-0.2, -0.15) is 0 Å². The molecule has 1 rings (SSSR count). The van der Waals surface area contributed by atoms with Crippen LogP contribution in [0.3, 0.4) is 0 Å². The molecule has 2 nitrogen and oxygen atoms in total. The first-order valence-electron chi connectivity index (χ1n) is 7.41. The summed E-state index contributed by atoms with van der Waals surface area (Å²) in [5.74, 6) is 0.858. The van der Waals surface area contributed by atoms with Crippen LogP contribution in [0.5, 0.6) is 0 Å². The molecule has 2 heteroatoms. The van der Waals surface area contributed by atoms with E-state index in [-0.39, 0.29) is 5.54 Å². The number of hydrogen-bond acceptors (Lipinski definition) is 2. The van der Waals surface area contributed by atoms with Crippen molar-refractivity contribution >= 4 is 0 Å². The minimum atomic E-state index is 0.253. The van der Waals surface area contributed by atoms with Crippen molar-refractivity contribution in [1.29, 1.82) is 0 Å². The molecule has 0 aliphatic heterocycles. The molecule has 0 spiro atoms. The summed E-state index contributed by atoms with van der Waals surface area (Å²) in [6.07, 6.45) is 9.48. The van der Waals surface area contributed by atoms with Crippen molar-refractivity contribution < 1.29 is 4.74 Å². The number of unbranched alkanes of at least 4 members (excludes halogenated alkanes) is 1. The molecule has 0 amide bonds. The Balaban J connectivity index is 1.84. The van der Waals surface area contributed by atoms with Gasteiger partial charge in [0.05, 0.1) is 0 Å². The van der Waals surface area contributed by atoms with Gasteiger partial charge >= 0.3 is 0 Å². The molecular formula is C15H31NO. The first-order chi connectivity index (χ1) is 8.08. The maximum Gasteiger partial charge on any atom is 0.0494 e. The lowest BCUT2D eigenvalue weighted by Crippen LogP contribution is -2.36. The quantitative estimate of drug-likeness (QED) is 0.685. The molecule has 0 unspecified atom stereocenters. The average Bonchev–Trinajstić information content (AvgIpc) is 2.28. The predicted molar refractivity (Wildman–Crippen MR) is 74.4 cm³/mol. The molecular weight excluding hydrogens is 210 g/mol. The Morgan fingerprint density at radius 1 is 1.06 bits per heavy atom. The van der Waals surface area contributed by atoms with Crippen LogP contribution < -0.4 is 5.32 Å². The fourth-order valence-electron chi connectivity index (χ4n) is 2.40. The molecule has 102 valence electrons. The fourth-order valence-corrected chi connectivity index (χ4v) is 2.40. The van der Waals surface area contributed by atoms with Crippen molar-refractivity contribution in [2.24, 2.45) is 5.92 Å². The summed E-state index contributed by atoms with van der Waals surface area (Å²) in [4.78, 5) is 0. The number of rotatable bonds is 7. The summed E-state index contributed by atoms with van der Waals surface area (Å²) in [5.41, 5.74) is 0.253. The van der Waals surface area contributed by atoms with E-state index in [4.69, 9.17) is 4.74 Å². The molecule has 1 aliphatic rings. The maximum atomic E-state index is 5.78. The lowest BCUT2D eigenvalue weighted by atomic mass is 9.90. The van der Waals surface area contributed by atoms with E-state index in [1.165, 1.54) is 44.9 Å². The van der Waals surface area contributed by atoms with Crippen LogP contribution in [-0.2, 0) is 4.74 Å². The first kappa shape index (κ1) is 15.0. The van der Waals surface area contributed by atoms with Gasteiger partial charge in [-0.15, -0.1) is 0 Å². The van der Waals surface area contributed by atoms with E-state index in [2.05, 4.69) is 26.1 Å². The highest BCUT2D eigenvalue weighted by atomic mass is 16.5. The molecule has 1 fully saturated rings. The summed E-state index contributed by atoms with van der Waals surface area (Å²) >= 11 is 0. The standard InChI is InChI=1S/C15H31NO/c1-15(2,3)16-11-7-8-12-17-13-14-9-5-4-6-10-14/h14,16H,4-13H2,1-3H3. The summed E-state index contributed by atoms with van der Waals surface area (Å²) in [5, 5.41) is 3.51. The van der Waals surface area contributed by atoms with Gasteiger partial charge in [-0.05, 0) is 58.9 Å². The van der Waals surface area contributed by atoms with E-state index in [1.807, 2.05) is 0 Å². The smallest absolute Gasteiger partial charge is 0.0494 e. The van der Waals surface area contributed by atoms with Crippen LogP contribution in [0.1, 0.15) is 65.7 Å². The third kappa shape index (κ3) is 8.62. The Morgan fingerprint density at radius 3 is 2.41 bits per heavy atom. The highest BCUT2D eigenvalue weighted by Crippen LogP contribution is 2.23. The Morgan fingerprint density at radius 2 is 1.76 bits per heavy atom. The zero-order valence-electron chi connectivity index (χ0n) is 12.1. The molecule has 1 N–H and O–H groups in total. The van der Waals surface area contributed by atoms with Gasteiger partial charge in [-0.3, -0.25) is 0 Å². The Hall–Kier alpha value is -0.0800. The molecule has 0 aromatic carbocycles. The molecule has 0 atom stereocenters. The Labute approximate surface area is 108 Å². The van der Waals surface area contributed by atoms with Crippen molar-refractivity contribution in [3.63, 3.8) is 0 Å². The van der Waals surface area contributed by atoms with Gasteiger partial charge in [0.2, 0.25) is 0 Å². The summed E-state index contributed by atoms with van der Waals surface area (Å²) in [6.45, 7) is 9.71. The largest absolute Gasteiger partial charge is 0.381 e. The molecule has 1 aliphatic carbocycles. The minimum absolute atomic E-state index is 0.253.